The highest BCUT2D eigenvalue weighted by Gasteiger charge is 2.30. The van der Waals surface area contributed by atoms with E-state index in [4.69, 9.17) is 13.6 Å². The molecule has 0 unspecified atom stereocenters. The number of alkyl halides is 3. The molecular formula is C25H15F3N2O5. The van der Waals surface area contributed by atoms with Gasteiger partial charge >= 0.3 is 6.18 Å². The zero-order chi connectivity index (χ0) is 24.6. The smallest absolute Gasteiger partial charge is 0.416 e. The van der Waals surface area contributed by atoms with Crippen LogP contribution in [0.3, 0.4) is 0 Å². The number of phenols is 1. The van der Waals surface area contributed by atoms with E-state index in [0.717, 1.165) is 12.1 Å². The lowest BCUT2D eigenvalue weighted by Crippen LogP contribution is -2.05. The molecule has 0 bridgehead atoms. The first kappa shape index (κ1) is 22.2. The van der Waals surface area contributed by atoms with E-state index in [0.29, 0.717) is 33.4 Å². The van der Waals surface area contributed by atoms with Crippen molar-refractivity contribution >= 4 is 11.0 Å². The van der Waals surface area contributed by atoms with E-state index in [1.807, 2.05) is 0 Å². The van der Waals surface area contributed by atoms with E-state index < -0.39 is 11.7 Å². The molecule has 3 aromatic carbocycles. The first-order valence-electron chi connectivity index (χ1n) is 10.3. The molecule has 0 saturated heterocycles. The summed E-state index contributed by atoms with van der Waals surface area (Å²) in [6.07, 6.45) is -3.09. The van der Waals surface area contributed by atoms with Gasteiger partial charge < -0.3 is 18.7 Å². The summed E-state index contributed by atoms with van der Waals surface area (Å²) in [5, 5.41) is 17.5. The molecule has 5 aromatic rings. The number of aromatic hydroxyl groups is 1. The summed E-state index contributed by atoms with van der Waals surface area (Å²) in [4.78, 5) is 12.9. The van der Waals surface area contributed by atoms with Crippen molar-refractivity contribution in [1.29, 1.82) is 0 Å². The summed E-state index contributed by atoms with van der Waals surface area (Å²) in [6.45, 7) is -0.102. The Bertz CT molecular complexity index is 1560. The van der Waals surface area contributed by atoms with E-state index >= 15 is 0 Å². The van der Waals surface area contributed by atoms with Crippen molar-refractivity contribution in [2.45, 2.75) is 12.8 Å². The molecule has 0 fully saturated rings. The highest BCUT2D eigenvalue weighted by molar-refractivity contribution is 5.82. The second-order valence-electron chi connectivity index (χ2n) is 7.55. The minimum Gasteiger partial charge on any atom is -0.508 e. The van der Waals surface area contributed by atoms with Crippen LogP contribution >= 0.6 is 0 Å². The quantitative estimate of drug-likeness (QED) is 0.339. The number of fused-ring (bicyclic) bond motifs is 1. The molecule has 176 valence electrons. The van der Waals surface area contributed by atoms with Crippen LogP contribution in [-0.4, -0.2) is 15.3 Å². The van der Waals surface area contributed by atoms with E-state index in [-0.39, 0.29) is 29.6 Å². The lowest BCUT2D eigenvalue weighted by Gasteiger charge is -2.06. The molecule has 0 amide bonds. The Hall–Kier alpha value is -4.60. The van der Waals surface area contributed by atoms with Crippen LogP contribution in [0.5, 0.6) is 11.5 Å². The van der Waals surface area contributed by atoms with Crippen molar-refractivity contribution in [3.63, 3.8) is 0 Å². The number of ether oxygens (including phenoxy) is 1. The summed E-state index contributed by atoms with van der Waals surface area (Å²) < 4.78 is 54.9. The molecule has 0 aliphatic carbocycles. The predicted octanol–water partition coefficient (Wildman–Crippen LogP) is 5.81. The van der Waals surface area contributed by atoms with Crippen LogP contribution in [0.4, 0.5) is 13.2 Å². The summed E-state index contributed by atoms with van der Waals surface area (Å²) in [5.74, 6) is 0.647. The molecule has 0 radical (unpaired) electrons. The molecular weight excluding hydrogens is 465 g/mol. The van der Waals surface area contributed by atoms with Crippen molar-refractivity contribution in [2.75, 3.05) is 0 Å². The maximum Gasteiger partial charge on any atom is 0.416 e. The lowest BCUT2D eigenvalue weighted by atomic mass is 10.1. The van der Waals surface area contributed by atoms with Gasteiger partial charge in [-0.2, -0.15) is 13.2 Å². The van der Waals surface area contributed by atoms with Gasteiger partial charge in [0.05, 0.1) is 16.5 Å². The third-order valence-electron chi connectivity index (χ3n) is 5.21. The van der Waals surface area contributed by atoms with Gasteiger partial charge in [-0.1, -0.05) is 12.1 Å². The Morgan fingerprint density at radius 2 is 1.63 bits per heavy atom. The van der Waals surface area contributed by atoms with Gasteiger partial charge in [0.25, 0.3) is 5.89 Å². The molecule has 1 N–H and O–H groups in total. The molecule has 2 heterocycles. The Kier molecular flexibility index (Phi) is 5.48. The third-order valence-corrected chi connectivity index (χ3v) is 5.21. The van der Waals surface area contributed by atoms with Gasteiger partial charge in [0, 0.05) is 11.6 Å². The van der Waals surface area contributed by atoms with E-state index in [9.17, 15) is 23.1 Å². The van der Waals surface area contributed by atoms with Crippen molar-refractivity contribution in [3.8, 4) is 34.1 Å². The monoisotopic (exact) mass is 480 g/mol. The average molecular weight is 480 g/mol. The second-order valence-corrected chi connectivity index (χ2v) is 7.55. The SMILES string of the molecule is O=c1c(-c2ccc(O)cc2)coc2cc(OCc3nnc(-c4ccc(C(F)(F)F)cc4)o3)ccc12. The molecule has 2 aromatic heterocycles. The summed E-state index contributed by atoms with van der Waals surface area (Å²) in [6, 6.07) is 15.3. The number of nitrogens with zero attached hydrogens (tertiary/aromatic N) is 2. The second kappa shape index (κ2) is 8.64. The van der Waals surface area contributed by atoms with Crippen LogP contribution < -0.4 is 10.2 Å². The van der Waals surface area contributed by atoms with Crippen molar-refractivity contribution in [3.05, 3.63) is 94.7 Å². The third kappa shape index (κ3) is 4.58. The molecule has 7 nitrogen and oxygen atoms in total. The van der Waals surface area contributed by atoms with Gasteiger partial charge in [0.15, 0.2) is 12.0 Å². The molecule has 0 saturated carbocycles. The summed E-state index contributed by atoms with van der Waals surface area (Å²) in [7, 11) is 0. The molecule has 5 rings (SSSR count). The number of halogens is 3. The Morgan fingerprint density at radius 3 is 2.34 bits per heavy atom. The van der Waals surface area contributed by atoms with Gasteiger partial charge in [-0.05, 0) is 54.1 Å². The van der Waals surface area contributed by atoms with Crippen LogP contribution in [0.2, 0.25) is 0 Å². The van der Waals surface area contributed by atoms with Crippen molar-refractivity contribution < 1.29 is 31.8 Å². The Balaban J connectivity index is 1.31. The first-order valence-corrected chi connectivity index (χ1v) is 10.3. The minimum atomic E-state index is -4.43. The van der Waals surface area contributed by atoms with Crippen LogP contribution in [0, 0.1) is 0 Å². The highest BCUT2D eigenvalue weighted by atomic mass is 19.4. The maximum absolute atomic E-state index is 12.9. The highest BCUT2D eigenvalue weighted by Crippen LogP contribution is 2.31. The maximum atomic E-state index is 12.9. The van der Waals surface area contributed by atoms with Crippen LogP contribution in [0.15, 0.2) is 86.6 Å². The topological polar surface area (TPSA) is 98.6 Å². The predicted molar refractivity (Wildman–Crippen MR) is 119 cm³/mol. The van der Waals surface area contributed by atoms with Crippen LogP contribution in [0.1, 0.15) is 11.5 Å². The van der Waals surface area contributed by atoms with Gasteiger partial charge in [-0.25, -0.2) is 0 Å². The molecule has 0 atom stereocenters. The van der Waals surface area contributed by atoms with Crippen molar-refractivity contribution in [1.82, 2.24) is 10.2 Å². The summed E-state index contributed by atoms with van der Waals surface area (Å²) in [5.41, 5.74) is 0.607. The number of hydrogen-bond acceptors (Lipinski definition) is 7. The standard InChI is InChI=1S/C25H15F3N2O5/c26-25(27,28)16-5-1-15(2-6-16)24-30-29-22(35-24)13-33-18-9-10-19-21(11-18)34-12-20(23(19)32)14-3-7-17(31)8-4-14/h1-12,31H,13H2. The molecule has 10 heteroatoms. The molecule has 0 aliphatic heterocycles. The summed E-state index contributed by atoms with van der Waals surface area (Å²) >= 11 is 0. The Labute approximate surface area is 195 Å². The molecule has 35 heavy (non-hydrogen) atoms. The van der Waals surface area contributed by atoms with Gasteiger partial charge in [0.1, 0.15) is 23.3 Å². The number of benzene rings is 3. The fourth-order valence-electron chi connectivity index (χ4n) is 3.41. The first-order chi connectivity index (χ1) is 16.8. The number of phenolic OH excluding ortho intramolecular Hbond substituents is 1. The normalized spacial score (nSPS) is 11.6. The number of hydrogen-bond donors (Lipinski definition) is 1. The zero-order valence-corrected chi connectivity index (χ0v) is 17.7. The van der Waals surface area contributed by atoms with E-state index in [2.05, 4.69) is 10.2 Å². The van der Waals surface area contributed by atoms with Crippen molar-refractivity contribution in [2.24, 2.45) is 0 Å². The van der Waals surface area contributed by atoms with Gasteiger partial charge in [0.2, 0.25) is 5.89 Å². The average Bonchev–Trinajstić information content (AvgIpc) is 3.32. The number of rotatable bonds is 5. The fraction of sp³-hybridized carbons (Fsp3) is 0.0800. The van der Waals surface area contributed by atoms with Gasteiger partial charge in [-0.3, -0.25) is 4.79 Å². The molecule has 0 aliphatic rings. The van der Waals surface area contributed by atoms with Crippen LogP contribution in [0.25, 0.3) is 33.6 Å². The van der Waals surface area contributed by atoms with E-state index in [1.54, 1.807) is 30.3 Å². The molecule has 0 spiro atoms. The minimum absolute atomic E-state index is 0.0589. The van der Waals surface area contributed by atoms with Gasteiger partial charge in [-0.15, -0.1) is 10.2 Å². The van der Waals surface area contributed by atoms with E-state index in [1.165, 1.54) is 30.5 Å². The largest absolute Gasteiger partial charge is 0.508 e. The Morgan fingerprint density at radius 1 is 0.914 bits per heavy atom. The lowest BCUT2D eigenvalue weighted by molar-refractivity contribution is -0.137. The number of aromatic nitrogens is 2. The van der Waals surface area contributed by atoms with Crippen LogP contribution in [-0.2, 0) is 12.8 Å². The zero-order valence-electron chi connectivity index (χ0n) is 17.7. The fourth-order valence-corrected chi connectivity index (χ4v) is 3.41.